The minimum absolute atomic E-state index is 0.755. The molecule has 0 radical (unpaired) electrons. The minimum atomic E-state index is 0.755. The van der Waals surface area contributed by atoms with E-state index >= 15 is 0 Å². The van der Waals surface area contributed by atoms with Crippen LogP contribution in [0.5, 0.6) is 0 Å². The van der Waals surface area contributed by atoms with E-state index in [1.807, 2.05) is 13.0 Å². The molecule has 3 heteroatoms. The van der Waals surface area contributed by atoms with Crippen LogP contribution in [0.1, 0.15) is 5.69 Å². The molecular formula is C5H7N2P. The predicted octanol–water partition coefficient (Wildman–Crippen LogP) is 0.285. The van der Waals surface area contributed by atoms with Gasteiger partial charge in [-0.1, -0.05) is 9.24 Å². The minimum Gasteiger partial charge on any atom is -0.238 e. The summed E-state index contributed by atoms with van der Waals surface area (Å²) in [5, 5.41) is 0. The molecule has 0 aliphatic carbocycles. The number of aromatic nitrogens is 2. The van der Waals surface area contributed by atoms with E-state index in [-0.39, 0.29) is 0 Å². The summed E-state index contributed by atoms with van der Waals surface area (Å²) >= 11 is 0. The van der Waals surface area contributed by atoms with Gasteiger partial charge in [0, 0.05) is 11.9 Å². The molecule has 8 heavy (non-hydrogen) atoms. The molecule has 2 nitrogen and oxygen atoms in total. The van der Waals surface area contributed by atoms with Crippen molar-refractivity contribution < 1.29 is 0 Å². The first-order chi connectivity index (χ1) is 3.79. The highest BCUT2D eigenvalue weighted by molar-refractivity contribution is 7.26. The number of rotatable bonds is 0. The van der Waals surface area contributed by atoms with Crippen molar-refractivity contribution in [1.82, 2.24) is 9.97 Å². The van der Waals surface area contributed by atoms with Gasteiger partial charge in [-0.05, 0) is 13.0 Å². The molecule has 0 aliphatic heterocycles. The van der Waals surface area contributed by atoms with Crippen LogP contribution in [-0.4, -0.2) is 9.97 Å². The first-order valence-electron chi connectivity index (χ1n) is 2.34. The van der Waals surface area contributed by atoms with Crippen LogP contribution in [0.4, 0.5) is 0 Å². The Labute approximate surface area is 50.6 Å². The van der Waals surface area contributed by atoms with Crippen LogP contribution in [0.2, 0.25) is 0 Å². The van der Waals surface area contributed by atoms with Gasteiger partial charge < -0.3 is 0 Å². The SMILES string of the molecule is Cc1ccnc(P)n1. The van der Waals surface area contributed by atoms with E-state index in [2.05, 4.69) is 19.2 Å². The molecule has 1 aromatic heterocycles. The predicted molar refractivity (Wildman–Crippen MR) is 36.1 cm³/mol. The topological polar surface area (TPSA) is 25.8 Å². The third-order valence-corrected chi connectivity index (χ3v) is 1.09. The van der Waals surface area contributed by atoms with Gasteiger partial charge in [0.15, 0.2) is 0 Å². The van der Waals surface area contributed by atoms with Gasteiger partial charge in [-0.25, -0.2) is 9.97 Å². The zero-order valence-electron chi connectivity index (χ0n) is 4.63. The summed E-state index contributed by atoms with van der Waals surface area (Å²) in [6.07, 6.45) is 1.74. The Morgan fingerprint density at radius 2 is 2.38 bits per heavy atom. The Morgan fingerprint density at radius 1 is 1.62 bits per heavy atom. The van der Waals surface area contributed by atoms with E-state index in [0.717, 1.165) is 11.3 Å². The average molecular weight is 126 g/mol. The number of hydrogen-bond acceptors (Lipinski definition) is 2. The molecule has 1 atom stereocenters. The van der Waals surface area contributed by atoms with Crippen molar-refractivity contribution in [3.63, 3.8) is 0 Å². The smallest absolute Gasteiger partial charge is 0.144 e. The van der Waals surface area contributed by atoms with Gasteiger partial charge in [-0.2, -0.15) is 0 Å². The van der Waals surface area contributed by atoms with Crippen molar-refractivity contribution in [1.29, 1.82) is 0 Å². The van der Waals surface area contributed by atoms with Crippen LogP contribution in [0.15, 0.2) is 12.3 Å². The third-order valence-electron chi connectivity index (χ3n) is 0.813. The van der Waals surface area contributed by atoms with Gasteiger partial charge in [-0.15, -0.1) is 0 Å². The molecule has 0 saturated heterocycles. The van der Waals surface area contributed by atoms with Crippen molar-refractivity contribution >= 4 is 14.8 Å². The molecule has 0 bridgehead atoms. The van der Waals surface area contributed by atoms with Crippen LogP contribution < -0.4 is 5.57 Å². The molecule has 0 aromatic carbocycles. The highest BCUT2D eigenvalue weighted by atomic mass is 31.0. The van der Waals surface area contributed by atoms with Crippen LogP contribution in [0, 0.1) is 6.92 Å². The standard InChI is InChI=1S/C5H7N2P/c1-4-2-3-6-5(8)7-4/h2-3H,8H2,1H3. The van der Waals surface area contributed by atoms with Crippen molar-refractivity contribution in [2.45, 2.75) is 6.92 Å². The summed E-state index contributed by atoms with van der Waals surface area (Å²) in [4.78, 5) is 7.92. The zero-order valence-corrected chi connectivity index (χ0v) is 5.78. The van der Waals surface area contributed by atoms with E-state index in [0.29, 0.717) is 0 Å². The van der Waals surface area contributed by atoms with E-state index in [4.69, 9.17) is 0 Å². The second kappa shape index (κ2) is 2.19. The Morgan fingerprint density at radius 3 is 2.75 bits per heavy atom. The number of nitrogens with zero attached hydrogens (tertiary/aromatic N) is 2. The second-order valence-corrected chi connectivity index (χ2v) is 2.07. The maximum atomic E-state index is 4.03. The quantitative estimate of drug-likeness (QED) is 0.467. The number of aryl methyl sites for hydroxylation is 1. The van der Waals surface area contributed by atoms with Crippen molar-refractivity contribution in [2.75, 3.05) is 0 Å². The summed E-state index contributed by atoms with van der Waals surface area (Å²) in [5.74, 6) is 0. The van der Waals surface area contributed by atoms with Gasteiger partial charge in [0.1, 0.15) is 5.57 Å². The largest absolute Gasteiger partial charge is 0.238 e. The van der Waals surface area contributed by atoms with Crippen LogP contribution >= 0.6 is 9.24 Å². The van der Waals surface area contributed by atoms with Gasteiger partial charge in [0.05, 0.1) is 0 Å². The lowest BCUT2D eigenvalue weighted by atomic mass is 10.5. The van der Waals surface area contributed by atoms with Crippen LogP contribution in [-0.2, 0) is 0 Å². The average Bonchev–Trinajstić information content (AvgIpc) is 1.64. The van der Waals surface area contributed by atoms with Gasteiger partial charge in [-0.3, -0.25) is 0 Å². The molecule has 0 spiro atoms. The molecular weight excluding hydrogens is 119 g/mol. The number of hydrogen-bond donors (Lipinski definition) is 0. The van der Waals surface area contributed by atoms with E-state index in [1.165, 1.54) is 0 Å². The highest BCUT2D eigenvalue weighted by Gasteiger charge is 1.83. The fourth-order valence-electron chi connectivity index (χ4n) is 0.468. The van der Waals surface area contributed by atoms with Crippen LogP contribution in [0.3, 0.4) is 0 Å². The summed E-state index contributed by atoms with van der Waals surface area (Å²) in [7, 11) is 2.44. The molecule has 0 fully saturated rings. The Hall–Kier alpha value is -0.490. The zero-order chi connectivity index (χ0) is 5.98. The van der Waals surface area contributed by atoms with E-state index in [9.17, 15) is 0 Å². The summed E-state index contributed by atoms with van der Waals surface area (Å²) < 4.78 is 0. The van der Waals surface area contributed by atoms with Gasteiger partial charge in [0.25, 0.3) is 0 Å². The first-order valence-corrected chi connectivity index (χ1v) is 2.92. The fraction of sp³-hybridized carbons (Fsp3) is 0.200. The lowest BCUT2D eigenvalue weighted by Crippen LogP contribution is -2.02. The van der Waals surface area contributed by atoms with Crippen molar-refractivity contribution in [3.8, 4) is 0 Å². The Bertz CT molecular complexity index is 170. The summed E-state index contributed by atoms with van der Waals surface area (Å²) in [6, 6.07) is 1.87. The monoisotopic (exact) mass is 126 g/mol. The third kappa shape index (κ3) is 1.24. The maximum Gasteiger partial charge on any atom is 0.144 e. The maximum absolute atomic E-state index is 4.03. The first kappa shape index (κ1) is 5.64. The lowest BCUT2D eigenvalue weighted by molar-refractivity contribution is 1.16. The van der Waals surface area contributed by atoms with E-state index < -0.39 is 0 Å². The lowest BCUT2D eigenvalue weighted by Gasteiger charge is -1.89. The molecule has 0 saturated carbocycles. The summed E-state index contributed by atoms with van der Waals surface area (Å²) in [5.41, 5.74) is 1.76. The molecule has 1 heterocycles. The molecule has 0 N–H and O–H groups in total. The molecule has 1 aromatic rings. The summed E-state index contributed by atoms with van der Waals surface area (Å²) in [6.45, 7) is 1.94. The Kier molecular flexibility index (Phi) is 1.54. The molecule has 0 amide bonds. The molecule has 42 valence electrons. The van der Waals surface area contributed by atoms with Crippen molar-refractivity contribution in [2.24, 2.45) is 0 Å². The Balaban J connectivity index is 3.08. The van der Waals surface area contributed by atoms with Gasteiger partial charge >= 0.3 is 0 Å². The molecule has 1 rings (SSSR count). The second-order valence-electron chi connectivity index (χ2n) is 1.56. The van der Waals surface area contributed by atoms with Crippen LogP contribution in [0.25, 0.3) is 0 Å². The molecule has 0 aliphatic rings. The molecule has 1 unspecified atom stereocenters. The van der Waals surface area contributed by atoms with Crippen molar-refractivity contribution in [3.05, 3.63) is 18.0 Å². The van der Waals surface area contributed by atoms with E-state index in [1.54, 1.807) is 6.20 Å². The normalized spacial score (nSPS) is 9.25. The highest BCUT2D eigenvalue weighted by Crippen LogP contribution is 1.85. The fourth-order valence-corrected chi connectivity index (χ4v) is 0.758. The van der Waals surface area contributed by atoms with Gasteiger partial charge in [0.2, 0.25) is 0 Å².